The van der Waals surface area contributed by atoms with Gasteiger partial charge in [0.15, 0.2) is 12.6 Å². The third kappa shape index (κ3) is 7.12. The van der Waals surface area contributed by atoms with E-state index >= 15 is 8.78 Å². The highest BCUT2D eigenvalue weighted by Crippen LogP contribution is 2.45. The predicted octanol–water partition coefficient (Wildman–Crippen LogP) is 8.85. The first-order valence-electron chi connectivity index (χ1n) is 19.8. The van der Waals surface area contributed by atoms with Crippen molar-refractivity contribution in [2.75, 3.05) is 52.7 Å². The van der Waals surface area contributed by atoms with E-state index in [2.05, 4.69) is 67.9 Å². The maximum atomic E-state index is 17.5. The van der Waals surface area contributed by atoms with Gasteiger partial charge in [0.05, 0.1) is 28.6 Å². The van der Waals surface area contributed by atoms with Gasteiger partial charge in [0.2, 0.25) is 0 Å². The second-order valence-electron chi connectivity index (χ2n) is 16.8. The number of pyridine rings is 1. The molecule has 0 amide bonds. The number of fused-ring (bicyclic) bond motifs is 3. The molecule has 0 radical (unpaired) electrons. The van der Waals surface area contributed by atoms with Gasteiger partial charge in [-0.15, -0.1) is 5.54 Å². The number of likely N-dealkylation sites (N-methyl/N-ethyl adjacent to an activating group) is 1. The number of hydrogen-bond donors (Lipinski definition) is 0. The minimum atomic E-state index is -2.30. The molecular formula is C43H54F3N5O4Si. The largest absolute Gasteiger partial charge is 0.468 e. The lowest BCUT2D eigenvalue weighted by molar-refractivity contribution is 0.0512. The Morgan fingerprint density at radius 1 is 1.04 bits per heavy atom. The molecule has 9 nitrogen and oxygen atoms in total. The molecule has 4 aromatic rings. The Labute approximate surface area is 329 Å². The Balaban J connectivity index is 1.45. The van der Waals surface area contributed by atoms with Gasteiger partial charge in [0.1, 0.15) is 49.4 Å². The number of hydrogen-bond acceptors (Lipinski definition) is 9. The van der Waals surface area contributed by atoms with Crippen molar-refractivity contribution in [3.8, 4) is 34.5 Å². The van der Waals surface area contributed by atoms with Gasteiger partial charge in [0.25, 0.3) is 0 Å². The molecule has 1 aliphatic carbocycles. The van der Waals surface area contributed by atoms with Crippen molar-refractivity contribution >= 4 is 35.6 Å². The van der Waals surface area contributed by atoms with Crippen LogP contribution in [0.4, 0.5) is 19.0 Å². The normalized spacial score (nSPS) is 22.3. The number of halogens is 3. The lowest BCUT2D eigenvalue weighted by Crippen LogP contribution is -2.43. The van der Waals surface area contributed by atoms with Crippen molar-refractivity contribution in [1.82, 2.24) is 19.9 Å². The van der Waals surface area contributed by atoms with Crippen molar-refractivity contribution in [2.24, 2.45) is 0 Å². The summed E-state index contributed by atoms with van der Waals surface area (Å²) in [6, 6.07) is 6.48. The van der Waals surface area contributed by atoms with Crippen LogP contribution >= 0.6 is 0 Å². The monoisotopic (exact) mass is 789 g/mol. The van der Waals surface area contributed by atoms with Crippen LogP contribution in [0.1, 0.15) is 72.8 Å². The predicted molar refractivity (Wildman–Crippen MR) is 217 cm³/mol. The van der Waals surface area contributed by atoms with Crippen LogP contribution in [0.15, 0.2) is 30.5 Å². The molecule has 0 bridgehead atoms. The summed E-state index contributed by atoms with van der Waals surface area (Å²) in [4.78, 5) is 18.3. The molecule has 2 aliphatic heterocycles. The van der Waals surface area contributed by atoms with Crippen LogP contribution in [0, 0.1) is 23.1 Å². The summed E-state index contributed by atoms with van der Waals surface area (Å²) in [5.74, 6) is 2.94. The zero-order chi connectivity index (χ0) is 40.1. The van der Waals surface area contributed by atoms with Crippen LogP contribution in [-0.2, 0) is 9.47 Å². The van der Waals surface area contributed by atoms with Crippen LogP contribution in [0.25, 0.3) is 32.9 Å². The Kier molecular flexibility index (Phi) is 11.3. The Morgan fingerprint density at radius 2 is 1.79 bits per heavy atom. The minimum Gasteiger partial charge on any atom is -0.468 e. The fourth-order valence-electron chi connectivity index (χ4n) is 9.70. The molecule has 1 saturated carbocycles. The van der Waals surface area contributed by atoms with E-state index < -0.39 is 31.4 Å². The average molecular weight is 790 g/mol. The molecule has 4 atom stereocenters. The number of methoxy groups -OCH3 is 2. The standard InChI is InChI=1S/C43H54F3N5O4Si/c1-25(2)56(26(3)4,27(5)6)16-13-31-34(45)12-11-28-17-30(55-24-52-8)18-32(37(28)31)39-38(46)40-33(41(48-39)50(7)35-19-36(35)53-9)21-47-42(49-40)54-23-43-14-10-15-51(43)22-29(44)20-43/h11-12,17-18,21,25-27,29,35-36H,10,14-15,19-20,22-24H2,1-9H3/t29-,35-,36-,43+/m1/s1. The zero-order valence-electron chi connectivity index (χ0n) is 34.0. The highest BCUT2D eigenvalue weighted by Gasteiger charge is 2.49. The number of anilines is 1. The lowest BCUT2D eigenvalue weighted by atomic mass is 9.95. The summed E-state index contributed by atoms with van der Waals surface area (Å²) in [6.07, 6.45) is 3.50. The summed E-state index contributed by atoms with van der Waals surface area (Å²) in [6.45, 7) is 14.6. The van der Waals surface area contributed by atoms with Crippen LogP contribution in [-0.4, -0.2) is 99.5 Å². The third-order valence-corrected chi connectivity index (χ3v) is 18.9. The van der Waals surface area contributed by atoms with Crippen LogP contribution < -0.4 is 14.4 Å². The van der Waals surface area contributed by atoms with Crippen molar-refractivity contribution in [1.29, 1.82) is 0 Å². The molecule has 56 heavy (non-hydrogen) atoms. The van der Waals surface area contributed by atoms with E-state index in [1.54, 1.807) is 25.3 Å². The average Bonchev–Trinajstić information content (AvgIpc) is 3.76. The van der Waals surface area contributed by atoms with Gasteiger partial charge in [-0.1, -0.05) is 53.5 Å². The number of benzene rings is 2. The van der Waals surface area contributed by atoms with E-state index in [0.29, 0.717) is 62.9 Å². The van der Waals surface area contributed by atoms with E-state index in [1.165, 1.54) is 19.4 Å². The van der Waals surface area contributed by atoms with Gasteiger partial charge in [-0.3, -0.25) is 4.90 Å². The fraction of sp³-hybridized carbons (Fsp3) is 0.558. The summed E-state index contributed by atoms with van der Waals surface area (Å²) in [5.41, 5.74) is 4.63. The quantitative estimate of drug-likeness (QED) is 0.0750. The highest BCUT2D eigenvalue weighted by molar-refractivity contribution is 6.90. The fourth-order valence-corrected chi connectivity index (χ4v) is 14.9. The second-order valence-corrected chi connectivity index (χ2v) is 22.3. The van der Waals surface area contributed by atoms with Gasteiger partial charge in [-0.05, 0) is 66.0 Å². The summed E-state index contributed by atoms with van der Waals surface area (Å²) < 4.78 is 71.3. The van der Waals surface area contributed by atoms with E-state index in [-0.39, 0.29) is 48.3 Å². The van der Waals surface area contributed by atoms with E-state index in [1.807, 2.05) is 11.9 Å². The number of nitrogens with zero attached hydrogens (tertiary/aromatic N) is 5. The minimum absolute atomic E-state index is 0.00159. The number of alkyl halides is 1. The Morgan fingerprint density at radius 3 is 2.46 bits per heavy atom. The van der Waals surface area contributed by atoms with Crippen LogP contribution in [0.2, 0.25) is 16.6 Å². The summed E-state index contributed by atoms with van der Waals surface area (Å²) in [7, 11) is 2.77. The van der Waals surface area contributed by atoms with Gasteiger partial charge < -0.3 is 23.8 Å². The van der Waals surface area contributed by atoms with Crippen molar-refractivity contribution in [3.63, 3.8) is 0 Å². The molecule has 0 unspecified atom stereocenters. The van der Waals surface area contributed by atoms with Crippen LogP contribution in [0.5, 0.6) is 11.8 Å². The Bertz CT molecular complexity index is 2160. The molecule has 2 saturated heterocycles. The topological polar surface area (TPSA) is 82.1 Å². The Hall–Kier alpha value is -3.96. The van der Waals surface area contributed by atoms with Gasteiger partial charge >= 0.3 is 6.01 Å². The smallest absolute Gasteiger partial charge is 0.317 e. The van der Waals surface area contributed by atoms with Crippen molar-refractivity contribution in [3.05, 3.63) is 47.7 Å². The molecule has 0 N–H and O–H groups in total. The molecule has 3 aliphatic rings. The molecule has 0 spiro atoms. The van der Waals surface area contributed by atoms with E-state index in [4.69, 9.17) is 23.9 Å². The zero-order valence-corrected chi connectivity index (χ0v) is 35.0. The van der Waals surface area contributed by atoms with Crippen molar-refractivity contribution < 1.29 is 32.1 Å². The summed E-state index contributed by atoms with van der Waals surface area (Å²) >= 11 is 0. The molecule has 3 fully saturated rings. The number of ether oxygens (including phenoxy) is 4. The SMILES string of the molecule is COCOc1cc(-c2nc(N(C)[C@@H]3C[C@H]3OC)c3cnc(OC[C@@]45CCCN4C[C@H](F)C5)nc3c2F)c2c(C#C[Si](C(C)C)(C(C)C)C(C)C)c(F)ccc2c1. The molecule has 2 aromatic carbocycles. The molecule has 13 heteroatoms. The van der Waals surface area contributed by atoms with Crippen molar-refractivity contribution in [2.45, 2.75) is 108 Å². The second kappa shape index (κ2) is 15.8. The van der Waals surface area contributed by atoms with E-state index in [0.717, 1.165) is 25.8 Å². The first-order valence-corrected chi connectivity index (χ1v) is 22.0. The number of aromatic nitrogens is 3. The highest BCUT2D eigenvalue weighted by atomic mass is 28.3. The van der Waals surface area contributed by atoms with E-state index in [9.17, 15) is 4.39 Å². The number of rotatable bonds is 13. The van der Waals surface area contributed by atoms with Gasteiger partial charge in [0, 0.05) is 51.4 Å². The third-order valence-electron chi connectivity index (χ3n) is 12.6. The lowest BCUT2D eigenvalue weighted by Gasteiger charge is -2.38. The molecule has 4 heterocycles. The first-order chi connectivity index (χ1) is 26.7. The maximum absolute atomic E-state index is 17.5. The molecular weight excluding hydrogens is 736 g/mol. The van der Waals surface area contributed by atoms with Crippen LogP contribution in [0.3, 0.4) is 0 Å². The molecule has 7 rings (SSSR count). The molecule has 300 valence electrons. The van der Waals surface area contributed by atoms with Gasteiger partial charge in [-0.2, -0.15) is 4.98 Å². The molecule has 2 aromatic heterocycles. The summed E-state index contributed by atoms with van der Waals surface area (Å²) in [5, 5.41) is 1.42. The van der Waals surface area contributed by atoms with Gasteiger partial charge in [-0.25, -0.2) is 23.1 Å². The maximum Gasteiger partial charge on any atom is 0.317 e. The first kappa shape index (κ1) is 40.2.